The molecule has 4 nitrogen and oxygen atoms in total. The zero-order chi connectivity index (χ0) is 13.8. The summed E-state index contributed by atoms with van der Waals surface area (Å²) in [6, 6.07) is 0. The highest BCUT2D eigenvalue weighted by Gasteiger charge is 2.22. The predicted octanol–water partition coefficient (Wildman–Crippen LogP) is 2.10. The zero-order valence-electron chi connectivity index (χ0n) is 11.4. The summed E-state index contributed by atoms with van der Waals surface area (Å²) >= 11 is 1.49. The SMILES string of the molecule is CCC(C)CNS(=O)(=O)c1c(C)csc1CNC. The lowest BCUT2D eigenvalue weighted by molar-refractivity contribution is 0.527. The largest absolute Gasteiger partial charge is 0.315 e. The van der Waals surface area contributed by atoms with Gasteiger partial charge in [-0.2, -0.15) is 0 Å². The molecule has 0 bridgehead atoms. The van der Waals surface area contributed by atoms with Gasteiger partial charge in [-0.25, -0.2) is 13.1 Å². The quantitative estimate of drug-likeness (QED) is 0.808. The van der Waals surface area contributed by atoms with Gasteiger partial charge in [0.25, 0.3) is 0 Å². The first-order valence-corrected chi connectivity index (χ1v) is 8.49. The van der Waals surface area contributed by atoms with Crippen molar-refractivity contribution in [3.8, 4) is 0 Å². The van der Waals surface area contributed by atoms with E-state index in [4.69, 9.17) is 0 Å². The van der Waals surface area contributed by atoms with E-state index in [1.807, 2.05) is 26.3 Å². The molecule has 1 heterocycles. The van der Waals surface area contributed by atoms with Crippen LogP contribution in [0.2, 0.25) is 0 Å². The summed E-state index contributed by atoms with van der Waals surface area (Å²) in [6.45, 7) is 7.01. The Hall–Kier alpha value is -0.430. The Bertz CT molecular complexity index is 480. The average Bonchev–Trinajstić information content (AvgIpc) is 2.69. The van der Waals surface area contributed by atoms with Crippen LogP contribution < -0.4 is 10.0 Å². The Morgan fingerprint density at radius 1 is 1.44 bits per heavy atom. The molecule has 0 radical (unpaired) electrons. The van der Waals surface area contributed by atoms with Crippen LogP contribution in [0, 0.1) is 12.8 Å². The van der Waals surface area contributed by atoms with Crippen molar-refractivity contribution < 1.29 is 8.42 Å². The van der Waals surface area contributed by atoms with Crippen molar-refractivity contribution in [1.29, 1.82) is 0 Å². The van der Waals surface area contributed by atoms with E-state index >= 15 is 0 Å². The van der Waals surface area contributed by atoms with Gasteiger partial charge in [-0.05, 0) is 30.8 Å². The van der Waals surface area contributed by atoms with E-state index in [0.717, 1.165) is 16.9 Å². The topological polar surface area (TPSA) is 58.2 Å². The third kappa shape index (κ3) is 3.78. The van der Waals surface area contributed by atoms with E-state index in [1.54, 1.807) is 0 Å². The van der Waals surface area contributed by atoms with Crippen LogP contribution in [-0.4, -0.2) is 22.0 Å². The normalized spacial score (nSPS) is 13.8. The molecule has 18 heavy (non-hydrogen) atoms. The molecule has 0 spiro atoms. The molecule has 104 valence electrons. The van der Waals surface area contributed by atoms with Gasteiger partial charge in [0, 0.05) is 18.0 Å². The van der Waals surface area contributed by atoms with Gasteiger partial charge >= 0.3 is 0 Å². The smallest absolute Gasteiger partial charge is 0.241 e. The Labute approximate surface area is 114 Å². The molecular weight excluding hydrogens is 268 g/mol. The van der Waals surface area contributed by atoms with Crippen molar-refractivity contribution in [1.82, 2.24) is 10.0 Å². The highest BCUT2D eigenvalue weighted by molar-refractivity contribution is 7.89. The molecule has 0 fully saturated rings. The van der Waals surface area contributed by atoms with Crippen LogP contribution in [0.25, 0.3) is 0 Å². The summed E-state index contributed by atoms with van der Waals surface area (Å²) in [5.41, 5.74) is 0.821. The molecule has 0 saturated carbocycles. The number of aryl methyl sites for hydroxylation is 1. The second-order valence-electron chi connectivity index (χ2n) is 4.57. The van der Waals surface area contributed by atoms with Crippen molar-refractivity contribution in [3.63, 3.8) is 0 Å². The van der Waals surface area contributed by atoms with Gasteiger partial charge in [0.2, 0.25) is 10.0 Å². The minimum atomic E-state index is -3.39. The molecule has 6 heteroatoms. The molecule has 1 unspecified atom stereocenters. The third-order valence-corrected chi connectivity index (χ3v) is 5.80. The predicted molar refractivity (Wildman–Crippen MR) is 76.5 cm³/mol. The second kappa shape index (κ2) is 6.65. The zero-order valence-corrected chi connectivity index (χ0v) is 13.0. The first kappa shape index (κ1) is 15.6. The molecule has 0 saturated heterocycles. The van der Waals surface area contributed by atoms with Gasteiger partial charge in [-0.15, -0.1) is 11.3 Å². The van der Waals surface area contributed by atoms with Crippen LogP contribution in [0.15, 0.2) is 10.3 Å². The lowest BCUT2D eigenvalue weighted by Gasteiger charge is -2.12. The molecule has 0 aliphatic heterocycles. The van der Waals surface area contributed by atoms with Gasteiger partial charge in [0.15, 0.2) is 0 Å². The Morgan fingerprint density at radius 2 is 2.11 bits per heavy atom. The molecule has 0 amide bonds. The van der Waals surface area contributed by atoms with Crippen molar-refractivity contribution >= 4 is 21.4 Å². The molecule has 1 rings (SSSR count). The van der Waals surface area contributed by atoms with Crippen LogP contribution in [0.1, 0.15) is 30.7 Å². The fourth-order valence-electron chi connectivity index (χ4n) is 1.60. The maximum atomic E-state index is 12.3. The second-order valence-corrected chi connectivity index (χ2v) is 7.23. The van der Waals surface area contributed by atoms with Crippen LogP contribution in [0.3, 0.4) is 0 Å². The number of thiophene rings is 1. The van der Waals surface area contributed by atoms with E-state index in [0.29, 0.717) is 23.9 Å². The number of hydrogen-bond donors (Lipinski definition) is 2. The summed E-state index contributed by atoms with van der Waals surface area (Å²) in [7, 11) is -1.57. The Morgan fingerprint density at radius 3 is 2.67 bits per heavy atom. The van der Waals surface area contributed by atoms with Crippen molar-refractivity contribution in [2.75, 3.05) is 13.6 Å². The van der Waals surface area contributed by atoms with Crippen LogP contribution in [0.5, 0.6) is 0 Å². The summed E-state index contributed by atoms with van der Waals surface area (Å²) in [5, 5.41) is 4.90. The Kier molecular flexibility index (Phi) is 5.78. The molecule has 0 aliphatic rings. The van der Waals surface area contributed by atoms with Crippen molar-refractivity contribution in [3.05, 3.63) is 15.8 Å². The summed E-state index contributed by atoms with van der Waals surface area (Å²) in [4.78, 5) is 1.32. The minimum absolute atomic E-state index is 0.353. The van der Waals surface area contributed by atoms with E-state index in [9.17, 15) is 8.42 Å². The molecule has 0 aromatic carbocycles. The van der Waals surface area contributed by atoms with Crippen LogP contribution in [-0.2, 0) is 16.6 Å². The van der Waals surface area contributed by atoms with Crippen molar-refractivity contribution in [2.45, 2.75) is 38.6 Å². The third-order valence-electron chi connectivity index (χ3n) is 2.91. The summed E-state index contributed by atoms with van der Waals surface area (Å²) in [5.74, 6) is 0.353. The van der Waals surface area contributed by atoms with Crippen LogP contribution in [0.4, 0.5) is 0 Å². The van der Waals surface area contributed by atoms with Crippen molar-refractivity contribution in [2.24, 2.45) is 5.92 Å². The number of nitrogens with one attached hydrogen (secondary N) is 2. The lowest BCUT2D eigenvalue weighted by atomic mass is 10.1. The molecule has 1 aromatic heterocycles. The minimum Gasteiger partial charge on any atom is -0.315 e. The number of sulfonamides is 1. The monoisotopic (exact) mass is 290 g/mol. The van der Waals surface area contributed by atoms with Gasteiger partial charge in [-0.3, -0.25) is 0 Å². The van der Waals surface area contributed by atoms with Gasteiger partial charge in [-0.1, -0.05) is 20.3 Å². The van der Waals surface area contributed by atoms with Gasteiger partial charge < -0.3 is 5.32 Å². The first-order valence-electron chi connectivity index (χ1n) is 6.13. The standard InChI is InChI=1S/C12H22N2O2S2/c1-5-9(2)6-14-18(15,16)12-10(3)8-17-11(12)7-13-4/h8-9,13-14H,5-7H2,1-4H3. The van der Waals surface area contributed by atoms with Gasteiger partial charge in [0.05, 0.1) is 0 Å². The van der Waals surface area contributed by atoms with Crippen LogP contribution >= 0.6 is 11.3 Å². The fourth-order valence-corrected chi connectivity index (χ4v) is 4.58. The first-order chi connectivity index (χ1) is 8.42. The van der Waals surface area contributed by atoms with E-state index in [-0.39, 0.29) is 0 Å². The molecule has 2 N–H and O–H groups in total. The molecule has 0 aliphatic carbocycles. The number of hydrogen-bond acceptors (Lipinski definition) is 4. The average molecular weight is 290 g/mol. The molecule has 1 atom stereocenters. The number of rotatable bonds is 7. The molecular formula is C12H22N2O2S2. The Balaban J connectivity index is 2.93. The fraction of sp³-hybridized carbons (Fsp3) is 0.667. The van der Waals surface area contributed by atoms with E-state index in [2.05, 4.69) is 17.0 Å². The maximum absolute atomic E-state index is 12.3. The molecule has 1 aromatic rings. The van der Waals surface area contributed by atoms with E-state index < -0.39 is 10.0 Å². The van der Waals surface area contributed by atoms with Gasteiger partial charge in [0.1, 0.15) is 4.90 Å². The summed E-state index contributed by atoms with van der Waals surface area (Å²) in [6.07, 6.45) is 0.967. The maximum Gasteiger partial charge on any atom is 0.241 e. The highest BCUT2D eigenvalue weighted by atomic mass is 32.2. The van der Waals surface area contributed by atoms with E-state index in [1.165, 1.54) is 11.3 Å². The lowest BCUT2D eigenvalue weighted by Crippen LogP contribution is -2.29. The summed E-state index contributed by atoms with van der Waals surface area (Å²) < 4.78 is 27.3. The highest BCUT2D eigenvalue weighted by Crippen LogP contribution is 2.26.